The van der Waals surface area contributed by atoms with E-state index in [1.807, 2.05) is 7.05 Å². The summed E-state index contributed by atoms with van der Waals surface area (Å²) in [5.74, 6) is 1.67. The zero-order chi connectivity index (χ0) is 14.6. The molecule has 2 rings (SSSR count). The Bertz CT molecular complexity index is 435. The SMILES string of the molecule is CCCc1c(NC)ncnc1OC1CCC(C)(C)CC1. The molecule has 1 heterocycles. The van der Waals surface area contributed by atoms with Crippen molar-refractivity contribution >= 4 is 5.82 Å². The minimum Gasteiger partial charge on any atom is -0.474 e. The minimum atomic E-state index is 0.304. The van der Waals surface area contributed by atoms with Crippen LogP contribution < -0.4 is 10.1 Å². The number of rotatable bonds is 5. The van der Waals surface area contributed by atoms with Crippen LogP contribution in [-0.4, -0.2) is 23.1 Å². The lowest BCUT2D eigenvalue weighted by atomic mass is 9.76. The topological polar surface area (TPSA) is 47.0 Å². The molecule has 4 heteroatoms. The van der Waals surface area contributed by atoms with Gasteiger partial charge < -0.3 is 10.1 Å². The Morgan fingerprint density at radius 2 is 2.00 bits per heavy atom. The molecule has 1 aromatic heterocycles. The van der Waals surface area contributed by atoms with E-state index >= 15 is 0 Å². The Hall–Kier alpha value is -1.32. The highest BCUT2D eigenvalue weighted by Crippen LogP contribution is 2.37. The van der Waals surface area contributed by atoms with Crippen molar-refractivity contribution in [1.82, 2.24) is 9.97 Å². The first-order valence-electron chi connectivity index (χ1n) is 7.74. The summed E-state index contributed by atoms with van der Waals surface area (Å²) in [6.45, 7) is 6.85. The van der Waals surface area contributed by atoms with Gasteiger partial charge in [-0.15, -0.1) is 0 Å². The zero-order valence-corrected chi connectivity index (χ0v) is 13.2. The lowest BCUT2D eigenvalue weighted by Crippen LogP contribution is -2.29. The fourth-order valence-corrected chi connectivity index (χ4v) is 2.84. The van der Waals surface area contributed by atoms with Gasteiger partial charge in [-0.3, -0.25) is 0 Å². The highest BCUT2D eigenvalue weighted by atomic mass is 16.5. The van der Waals surface area contributed by atoms with Gasteiger partial charge in [-0.1, -0.05) is 27.2 Å². The van der Waals surface area contributed by atoms with E-state index in [1.54, 1.807) is 6.33 Å². The Kier molecular flexibility index (Phi) is 4.84. The molecule has 1 aromatic rings. The lowest BCUT2D eigenvalue weighted by Gasteiger charge is -2.34. The maximum absolute atomic E-state index is 6.18. The van der Waals surface area contributed by atoms with Crippen LogP contribution in [-0.2, 0) is 6.42 Å². The van der Waals surface area contributed by atoms with Crippen LogP contribution in [0.1, 0.15) is 58.4 Å². The summed E-state index contributed by atoms with van der Waals surface area (Å²) < 4.78 is 6.18. The molecule has 112 valence electrons. The molecule has 0 amide bonds. The van der Waals surface area contributed by atoms with E-state index < -0.39 is 0 Å². The molecule has 0 saturated heterocycles. The number of hydrogen-bond acceptors (Lipinski definition) is 4. The van der Waals surface area contributed by atoms with Crippen molar-refractivity contribution in [3.8, 4) is 5.88 Å². The van der Waals surface area contributed by atoms with E-state index in [4.69, 9.17) is 4.74 Å². The largest absolute Gasteiger partial charge is 0.474 e. The molecule has 0 aliphatic heterocycles. The molecular weight excluding hydrogens is 250 g/mol. The smallest absolute Gasteiger partial charge is 0.222 e. The van der Waals surface area contributed by atoms with Crippen LogP contribution in [0.25, 0.3) is 0 Å². The van der Waals surface area contributed by atoms with E-state index in [9.17, 15) is 0 Å². The fraction of sp³-hybridized carbons (Fsp3) is 0.750. The summed E-state index contributed by atoms with van der Waals surface area (Å²) in [4.78, 5) is 8.65. The predicted octanol–water partition coefficient (Wildman–Crippen LogP) is 3.82. The number of hydrogen-bond donors (Lipinski definition) is 1. The third kappa shape index (κ3) is 3.62. The Morgan fingerprint density at radius 1 is 1.30 bits per heavy atom. The minimum absolute atomic E-state index is 0.304. The molecule has 1 aliphatic rings. The Morgan fingerprint density at radius 3 is 2.60 bits per heavy atom. The average Bonchev–Trinajstić information content (AvgIpc) is 2.43. The van der Waals surface area contributed by atoms with Gasteiger partial charge in [0.15, 0.2) is 0 Å². The van der Waals surface area contributed by atoms with Gasteiger partial charge in [-0.2, -0.15) is 0 Å². The van der Waals surface area contributed by atoms with Crippen molar-refractivity contribution in [1.29, 1.82) is 0 Å². The van der Waals surface area contributed by atoms with E-state index in [-0.39, 0.29) is 0 Å². The number of anilines is 1. The highest BCUT2D eigenvalue weighted by Gasteiger charge is 2.28. The maximum Gasteiger partial charge on any atom is 0.222 e. The first-order valence-corrected chi connectivity index (χ1v) is 7.74. The normalized spacial score (nSPS) is 18.8. The van der Waals surface area contributed by atoms with E-state index in [1.165, 1.54) is 12.8 Å². The van der Waals surface area contributed by atoms with Crippen LogP contribution in [0.3, 0.4) is 0 Å². The quantitative estimate of drug-likeness (QED) is 0.889. The fourth-order valence-electron chi connectivity index (χ4n) is 2.84. The first-order chi connectivity index (χ1) is 9.55. The number of nitrogens with one attached hydrogen (secondary N) is 1. The van der Waals surface area contributed by atoms with Crippen molar-refractivity contribution in [3.63, 3.8) is 0 Å². The molecular formula is C16H27N3O. The predicted molar refractivity (Wildman–Crippen MR) is 82.2 cm³/mol. The van der Waals surface area contributed by atoms with Gasteiger partial charge in [0.1, 0.15) is 18.2 Å². The van der Waals surface area contributed by atoms with Gasteiger partial charge in [0.25, 0.3) is 0 Å². The molecule has 0 radical (unpaired) electrons. The van der Waals surface area contributed by atoms with Crippen molar-refractivity contribution in [3.05, 3.63) is 11.9 Å². The van der Waals surface area contributed by atoms with Crippen LogP contribution >= 0.6 is 0 Å². The molecule has 1 aliphatic carbocycles. The van der Waals surface area contributed by atoms with Crippen molar-refractivity contribution < 1.29 is 4.74 Å². The number of ether oxygens (including phenoxy) is 1. The van der Waals surface area contributed by atoms with E-state index in [2.05, 4.69) is 36.1 Å². The summed E-state index contributed by atoms with van der Waals surface area (Å²) in [6, 6.07) is 0. The Labute approximate surface area is 122 Å². The number of aromatic nitrogens is 2. The van der Waals surface area contributed by atoms with Gasteiger partial charge >= 0.3 is 0 Å². The molecule has 0 aromatic carbocycles. The van der Waals surface area contributed by atoms with Crippen LogP contribution in [0, 0.1) is 5.41 Å². The summed E-state index contributed by atoms with van der Waals surface area (Å²) in [6.07, 6.45) is 8.61. The molecule has 20 heavy (non-hydrogen) atoms. The third-order valence-corrected chi connectivity index (χ3v) is 4.21. The van der Waals surface area contributed by atoms with E-state index in [0.29, 0.717) is 11.5 Å². The zero-order valence-electron chi connectivity index (χ0n) is 13.2. The molecule has 1 N–H and O–H groups in total. The van der Waals surface area contributed by atoms with Gasteiger partial charge in [-0.05, 0) is 37.5 Å². The summed E-state index contributed by atoms with van der Waals surface area (Å²) >= 11 is 0. The monoisotopic (exact) mass is 277 g/mol. The standard InChI is InChI=1S/C16H27N3O/c1-5-6-13-14(17-4)18-11-19-15(13)20-12-7-9-16(2,3)10-8-12/h11-12H,5-10H2,1-4H3,(H,17,18,19). The van der Waals surface area contributed by atoms with Crippen molar-refractivity contribution in [2.45, 2.75) is 65.4 Å². The van der Waals surface area contributed by atoms with Gasteiger partial charge in [-0.25, -0.2) is 9.97 Å². The van der Waals surface area contributed by atoms with Crippen molar-refractivity contribution in [2.24, 2.45) is 5.41 Å². The highest BCUT2D eigenvalue weighted by molar-refractivity contribution is 5.48. The van der Waals surface area contributed by atoms with Gasteiger partial charge in [0.2, 0.25) is 5.88 Å². The van der Waals surface area contributed by atoms with Gasteiger partial charge in [0.05, 0.1) is 5.56 Å². The summed E-state index contributed by atoms with van der Waals surface area (Å²) in [7, 11) is 1.90. The second-order valence-corrected chi connectivity index (χ2v) is 6.49. The number of nitrogens with zero attached hydrogens (tertiary/aromatic N) is 2. The average molecular weight is 277 g/mol. The molecule has 0 atom stereocenters. The van der Waals surface area contributed by atoms with Crippen LogP contribution in [0.5, 0.6) is 5.88 Å². The first kappa shape index (κ1) is 15.1. The summed E-state index contributed by atoms with van der Waals surface area (Å²) in [5.41, 5.74) is 1.58. The molecule has 0 spiro atoms. The summed E-state index contributed by atoms with van der Waals surface area (Å²) in [5, 5.41) is 3.14. The van der Waals surface area contributed by atoms with Crippen LogP contribution in [0.2, 0.25) is 0 Å². The lowest BCUT2D eigenvalue weighted by molar-refractivity contribution is 0.0939. The van der Waals surface area contributed by atoms with Crippen molar-refractivity contribution in [2.75, 3.05) is 12.4 Å². The molecule has 0 bridgehead atoms. The molecule has 1 saturated carbocycles. The second kappa shape index (κ2) is 6.42. The third-order valence-electron chi connectivity index (χ3n) is 4.21. The second-order valence-electron chi connectivity index (χ2n) is 6.49. The molecule has 4 nitrogen and oxygen atoms in total. The maximum atomic E-state index is 6.18. The van der Waals surface area contributed by atoms with Gasteiger partial charge in [0, 0.05) is 7.05 Å². The van der Waals surface area contributed by atoms with E-state index in [0.717, 1.165) is 42.9 Å². The van der Waals surface area contributed by atoms with Crippen LogP contribution in [0.15, 0.2) is 6.33 Å². The molecule has 1 fully saturated rings. The molecule has 0 unspecified atom stereocenters. The van der Waals surface area contributed by atoms with Crippen LogP contribution in [0.4, 0.5) is 5.82 Å². The Balaban J connectivity index is 2.09.